The number of nitrogens with two attached hydrogens (primary N) is 1. The molecule has 0 saturated heterocycles. The molecule has 5 heteroatoms. The summed E-state index contributed by atoms with van der Waals surface area (Å²) in [6, 6.07) is 10.2. The van der Waals surface area contributed by atoms with Gasteiger partial charge in [0.25, 0.3) is 0 Å². The zero-order valence-corrected chi connectivity index (χ0v) is 9.42. The quantitative estimate of drug-likeness (QED) is 0.745. The molecule has 0 unspecified atom stereocenters. The van der Waals surface area contributed by atoms with Gasteiger partial charge in [-0.1, -0.05) is 18.2 Å². The number of benzene rings is 2. The predicted molar refractivity (Wildman–Crippen MR) is 62.6 cm³/mol. The van der Waals surface area contributed by atoms with Gasteiger partial charge in [0.15, 0.2) is 0 Å². The number of thiol groups is 1. The first kappa shape index (κ1) is 10.5. The van der Waals surface area contributed by atoms with Gasteiger partial charge in [0.05, 0.1) is 4.90 Å². The van der Waals surface area contributed by atoms with Gasteiger partial charge in [-0.25, -0.2) is 13.6 Å². The first-order chi connectivity index (χ1) is 6.98. The van der Waals surface area contributed by atoms with Crippen LogP contribution in [0.2, 0.25) is 0 Å². The molecule has 0 radical (unpaired) electrons. The molecule has 2 rings (SSSR count). The second-order valence-corrected chi connectivity index (χ2v) is 5.25. The third kappa shape index (κ3) is 1.99. The van der Waals surface area contributed by atoms with Crippen molar-refractivity contribution in [3.63, 3.8) is 0 Å². The van der Waals surface area contributed by atoms with Crippen molar-refractivity contribution in [3.05, 3.63) is 36.4 Å². The predicted octanol–water partition coefficient (Wildman–Crippen LogP) is 1.78. The maximum Gasteiger partial charge on any atom is 0.238 e. The van der Waals surface area contributed by atoms with Crippen molar-refractivity contribution in [2.24, 2.45) is 5.14 Å². The molecular formula is C10H9NO2S2. The normalized spacial score (nSPS) is 11.9. The molecule has 0 atom stereocenters. The Morgan fingerprint density at radius 2 is 1.87 bits per heavy atom. The van der Waals surface area contributed by atoms with E-state index in [4.69, 9.17) is 5.14 Å². The first-order valence-corrected chi connectivity index (χ1v) is 6.22. The van der Waals surface area contributed by atoms with Gasteiger partial charge in [0.2, 0.25) is 10.0 Å². The van der Waals surface area contributed by atoms with E-state index in [0.717, 1.165) is 15.7 Å². The fourth-order valence-electron chi connectivity index (χ4n) is 1.42. The lowest BCUT2D eigenvalue weighted by Crippen LogP contribution is -2.11. The zero-order valence-electron chi connectivity index (χ0n) is 7.71. The Morgan fingerprint density at radius 3 is 2.53 bits per heavy atom. The lowest BCUT2D eigenvalue weighted by molar-refractivity contribution is 0.598. The number of hydrogen-bond acceptors (Lipinski definition) is 3. The van der Waals surface area contributed by atoms with Crippen LogP contribution in [0.1, 0.15) is 0 Å². The molecule has 0 heterocycles. The third-order valence-electron chi connectivity index (χ3n) is 2.16. The lowest BCUT2D eigenvalue weighted by Gasteiger charge is -2.03. The summed E-state index contributed by atoms with van der Waals surface area (Å²) in [5.74, 6) is 0. The Morgan fingerprint density at radius 1 is 1.13 bits per heavy atom. The molecule has 0 saturated carbocycles. The van der Waals surface area contributed by atoms with Crippen LogP contribution in [0.25, 0.3) is 10.8 Å². The van der Waals surface area contributed by atoms with Crippen LogP contribution in [-0.2, 0) is 10.0 Å². The average Bonchev–Trinajstić information content (AvgIpc) is 2.16. The molecule has 0 aliphatic carbocycles. The van der Waals surface area contributed by atoms with E-state index in [0.29, 0.717) is 0 Å². The number of rotatable bonds is 1. The van der Waals surface area contributed by atoms with Crippen molar-refractivity contribution in [2.45, 2.75) is 9.79 Å². The van der Waals surface area contributed by atoms with E-state index in [1.807, 2.05) is 18.2 Å². The molecule has 0 aliphatic rings. The molecule has 15 heavy (non-hydrogen) atoms. The molecule has 2 aromatic rings. The van der Waals surface area contributed by atoms with Gasteiger partial charge in [-0.05, 0) is 29.0 Å². The molecule has 0 fully saturated rings. The molecule has 2 aromatic carbocycles. The lowest BCUT2D eigenvalue weighted by atomic mass is 10.1. The van der Waals surface area contributed by atoms with Gasteiger partial charge >= 0.3 is 0 Å². The SMILES string of the molecule is NS(=O)(=O)c1ccc2c(S)cccc2c1. The molecule has 0 aliphatic heterocycles. The standard InChI is InChI=1S/C10H9NO2S2/c11-15(12,13)8-4-5-9-7(6-8)2-1-3-10(9)14/h1-6,14H,(H2,11,12,13). The minimum absolute atomic E-state index is 0.119. The molecule has 78 valence electrons. The number of primary sulfonamides is 1. The Labute approximate surface area is 93.4 Å². The number of sulfonamides is 1. The van der Waals surface area contributed by atoms with Crippen molar-refractivity contribution in [3.8, 4) is 0 Å². The average molecular weight is 239 g/mol. The van der Waals surface area contributed by atoms with E-state index in [-0.39, 0.29) is 4.90 Å². The van der Waals surface area contributed by atoms with Crippen LogP contribution in [0.3, 0.4) is 0 Å². The van der Waals surface area contributed by atoms with Crippen LogP contribution in [0.4, 0.5) is 0 Å². The first-order valence-electron chi connectivity index (χ1n) is 4.23. The molecular weight excluding hydrogens is 230 g/mol. The summed E-state index contributed by atoms with van der Waals surface area (Å²) in [4.78, 5) is 0.933. The number of fused-ring (bicyclic) bond motifs is 1. The van der Waals surface area contributed by atoms with Gasteiger partial charge in [0, 0.05) is 4.90 Å². The van der Waals surface area contributed by atoms with Gasteiger partial charge in [-0.15, -0.1) is 12.6 Å². The molecule has 0 amide bonds. The summed E-state index contributed by atoms with van der Waals surface area (Å²) in [6.07, 6.45) is 0. The van der Waals surface area contributed by atoms with E-state index in [1.165, 1.54) is 6.07 Å². The van der Waals surface area contributed by atoms with Crippen molar-refractivity contribution in [1.82, 2.24) is 0 Å². The highest BCUT2D eigenvalue weighted by atomic mass is 32.2. The van der Waals surface area contributed by atoms with Crippen LogP contribution in [0.5, 0.6) is 0 Å². The maximum absolute atomic E-state index is 11.1. The van der Waals surface area contributed by atoms with E-state index in [2.05, 4.69) is 12.6 Å². The Kier molecular flexibility index (Phi) is 2.46. The van der Waals surface area contributed by atoms with E-state index in [9.17, 15) is 8.42 Å². The van der Waals surface area contributed by atoms with Crippen molar-refractivity contribution in [2.75, 3.05) is 0 Å². The van der Waals surface area contributed by atoms with Gasteiger partial charge in [-0.3, -0.25) is 0 Å². The summed E-state index contributed by atoms with van der Waals surface area (Å²) in [6.45, 7) is 0. The Hall–Kier alpha value is -1.04. The minimum atomic E-state index is -3.63. The highest BCUT2D eigenvalue weighted by Crippen LogP contribution is 2.23. The highest BCUT2D eigenvalue weighted by Gasteiger charge is 2.08. The Balaban J connectivity index is 2.79. The summed E-state index contributed by atoms with van der Waals surface area (Å²) < 4.78 is 22.2. The summed E-state index contributed by atoms with van der Waals surface area (Å²) in [7, 11) is -3.63. The summed E-state index contributed by atoms with van der Waals surface area (Å²) >= 11 is 4.28. The molecule has 3 nitrogen and oxygen atoms in total. The molecule has 0 aromatic heterocycles. The second-order valence-electron chi connectivity index (χ2n) is 3.21. The number of hydrogen-bond donors (Lipinski definition) is 2. The summed E-state index contributed by atoms with van der Waals surface area (Å²) in [5.41, 5.74) is 0. The van der Waals surface area contributed by atoms with Gasteiger partial charge in [0.1, 0.15) is 0 Å². The van der Waals surface area contributed by atoms with Gasteiger partial charge < -0.3 is 0 Å². The highest BCUT2D eigenvalue weighted by molar-refractivity contribution is 7.89. The third-order valence-corrected chi connectivity index (χ3v) is 3.46. The Bertz CT molecular complexity index is 620. The second kappa shape index (κ2) is 3.52. The van der Waals surface area contributed by atoms with Crippen LogP contribution in [0, 0.1) is 0 Å². The van der Waals surface area contributed by atoms with E-state index in [1.54, 1.807) is 12.1 Å². The van der Waals surface area contributed by atoms with Crippen molar-refractivity contribution in [1.29, 1.82) is 0 Å². The smallest absolute Gasteiger partial charge is 0.225 e. The zero-order chi connectivity index (χ0) is 11.1. The van der Waals surface area contributed by atoms with Crippen LogP contribution in [-0.4, -0.2) is 8.42 Å². The van der Waals surface area contributed by atoms with Crippen LogP contribution < -0.4 is 5.14 Å². The molecule has 0 bridgehead atoms. The molecule has 2 N–H and O–H groups in total. The molecule has 0 spiro atoms. The summed E-state index contributed by atoms with van der Waals surface area (Å²) in [5, 5.41) is 6.76. The minimum Gasteiger partial charge on any atom is -0.225 e. The maximum atomic E-state index is 11.1. The van der Waals surface area contributed by atoms with E-state index < -0.39 is 10.0 Å². The van der Waals surface area contributed by atoms with Crippen molar-refractivity contribution < 1.29 is 8.42 Å². The topological polar surface area (TPSA) is 60.2 Å². The van der Waals surface area contributed by atoms with Gasteiger partial charge in [-0.2, -0.15) is 0 Å². The van der Waals surface area contributed by atoms with Crippen molar-refractivity contribution >= 4 is 33.4 Å². The largest absolute Gasteiger partial charge is 0.238 e. The monoisotopic (exact) mass is 239 g/mol. The van der Waals surface area contributed by atoms with Crippen LogP contribution >= 0.6 is 12.6 Å². The van der Waals surface area contributed by atoms with E-state index >= 15 is 0 Å². The fraction of sp³-hybridized carbons (Fsp3) is 0. The fourth-order valence-corrected chi connectivity index (χ4v) is 2.26. The van der Waals surface area contributed by atoms with Crippen LogP contribution in [0.15, 0.2) is 46.2 Å².